The zero-order valence-electron chi connectivity index (χ0n) is 16.5. The molecule has 0 bridgehead atoms. The molecule has 3 heterocycles. The number of amides is 1. The lowest BCUT2D eigenvalue weighted by Gasteiger charge is -2.11. The average Bonchev–Trinajstić information content (AvgIpc) is 3.08. The molecule has 0 aliphatic heterocycles. The summed E-state index contributed by atoms with van der Waals surface area (Å²) < 4.78 is 25.9. The number of hydrogen-bond donors (Lipinski definition) is 1. The van der Waals surface area contributed by atoms with Gasteiger partial charge in [-0.2, -0.15) is 0 Å². The Morgan fingerprint density at radius 1 is 1.20 bits per heavy atom. The van der Waals surface area contributed by atoms with E-state index in [1.807, 2.05) is 13.8 Å². The van der Waals surface area contributed by atoms with Crippen LogP contribution >= 0.6 is 11.3 Å². The first-order valence-electron chi connectivity index (χ1n) is 9.10. The summed E-state index contributed by atoms with van der Waals surface area (Å²) >= 11 is 1.14. The van der Waals surface area contributed by atoms with E-state index in [1.165, 1.54) is 18.3 Å². The summed E-state index contributed by atoms with van der Waals surface area (Å²) in [6.45, 7) is 4.29. The normalized spacial score (nSPS) is 11.8. The van der Waals surface area contributed by atoms with Crippen molar-refractivity contribution in [2.75, 3.05) is 11.6 Å². The maximum Gasteiger partial charge on any atom is 0.262 e. The first-order valence-corrected chi connectivity index (χ1v) is 11.8. The smallest absolute Gasteiger partial charge is 0.262 e. The van der Waals surface area contributed by atoms with Crippen LogP contribution in [0.4, 0.5) is 5.13 Å². The minimum Gasteiger partial charge on any atom is -0.332 e. The fourth-order valence-electron chi connectivity index (χ4n) is 3.12. The largest absolute Gasteiger partial charge is 0.332 e. The molecule has 1 amide bonds. The van der Waals surface area contributed by atoms with Crippen molar-refractivity contribution in [1.82, 2.24) is 14.5 Å². The zero-order chi connectivity index (χ0) is 21.6. The molecule has 154 valence electrons. The predicted octanol–water partition coefficient (Wildman–Crippen LogP) is 2.99. The first-order chi connectivity index (χ1) is 14.2. The van der Waals surface area contributed by atoms with Gasteiger partial charge in [0.05, 0.1) is 20.5 Å². The molecule has 30 heavy (non-hydrogen) atoms. The van der Waals surface area contributed by atoms with Gasteiger partial charge in [-0.15, -0.1) is 0 Å². The highest BCUT2D eigenvalue weighted by molar-refractivity contribution is 7.90. The molecule has 0 aliphatic rings. The van der Waals surface area contributed by atoms with E-state index in [1.54, 1.807) is 22.8 Å². The van der Waals surface area contributed by atoms with Gasteiger partial charge in [0.15, 0.2) is 15.0 Å². The van der Waals surface area contributed by atoms with E-state index in [4.69, 9.17) is 0 Å². The van der Waals surface area contributed by atoms with Gasteiger partial charge in [0.2, 0.25) is 5.43 Å². The van der Waals surface area contributed by atoms with Crippen molar-refractivity contribution in [3.05, 3.63) is 58.0 Å². The number of benzene rings is 1. The Balaban J connectivity index is 1.73. The van der Waals surface area contributed by atoms with Crippen LogP contribution in [0.15, 0.2) is 46.2 Å². The number of thiazole rings is 1. The number of anilines is 1. The summed E-state index contributed by atoms with van der Waals surface area (Å²) in [6, 6.07) is 7.99. The molecular weight excluding hydrogens is 424 g/mol. The number of nitrogens with zero attached hydrogens (tertiary/aromatic N) is 3. The van der Waals surface area contributed by atoms with E-state index < -0.39 is 21.2 Å². The Morgan fingerprint density at radius 3 is 2.67 bits per heavy atom. The van der Waals surface area contributed by atoms with Crippen molar-refractivity contribution in [2.45, 2.75) is 25.3 Å². The Bertz CT molecular complexity index is 1490. The highest BCUT2D eigenvalue weighted by Gasteiger charge is 2.18. The van der Waals surface area contributed by atoms with Gasteiger partial charge < -0.3 is 4.57 Å². The van der Waals surface area contributed by atoms with Gasteiger partial charge in [0.1, 0.15) is 11.2 Å². The molecule has 0 fully saturated rings. The standard InChI is InChI=1S/C20H18N4O4S2/c1-4-24-10-14(17(25)13-7-5-11(2)21-18(13)24)19(26)23-20-22-15-8-6-12(30(3,27)28)9-16(15)29-20/h5-10H,4H2,1-3H3,(H,22,23,26). The molecule has 0 saturated heterocycles. The molecule has 3 aromatic heterocycles. The molecule has 0 radical (unpaired) electrons. The molecule has 8 nitrogen and oxygen atoms in total. The minimum absolute atomic E-state index is 0.00826. The molecule has 1 aromatic carbocycles. The van der Waals surface area contributed by atoms with Crippen molar-refractivity contribution in [2.24, 2.45) is 0 Å². The monoisotopic (exact) mass is 442 g/mol. The fraction of sp³-hybridized carbons (Fsp3) is 0.200. The second-order valence-electron chi connectivity index (χ2n) is 6.86. The quantitative estimate of drug-likeness (QED) is 0.520. The van der Waals surface area contributed by atoms with Crippen LogP contribution in [-0.2, 0) is 16.4 Å². The van der Waals surface area contributed by atoms with Crippen LogP contribution in [-0.4, -0.2) is 35.1 Å². The topological polar surface area (TPSA) is 111 Å². The molecule has 0 atom stereocenters. The second-order valence-corrected chi connectivity index (χ2v) is 9.90. The van der Waals surface area contributed by atoms with Crippen molar-refractivity contribution in [3.8, 4) is 0 Å². The third-order valence-electron chi connectivity index (χ3n) is 4.65. The first kappa shape index (κ1) is 20.2. The van der Waals surface area contributed by atoms with Gasteiger partial charge in [-0.05, 0) is 44.2 Å². The number of nitrogens with one attached hydrogen (secondary N) is 1. The second kappa shape index (κ2) is 7.29. The summed E-state index contributed by atoms with van der Waals surface area (Å²) in [4.78, 5) is 34.6. The lowest BCUT2D eigenvalue weighted by molar-refractivity contribution is 0.102. The maximum atomic E-state index is 12.9. The number of pyridine rings is 2. The van der Waals surface area contributed by atoms with E-state index >= 15 is 0 Å². The fourth-order valence-corrected chi connectivity index (χ4v) is 4.74. The van der Waals surface area contributed by atoms with E-state index in [0.29, 0.717) is 27.8 Å². The van der Waals surface area contributed by atoms with Crippen LogP contribution in [0, 0.1) is 6.92 Å². The number of hydrogen-bond acceptors (Lipinski definition) is 7. The van der Waals surface area contributed by atoms with Gasteiger partial charge in [0, 0.05) is 24.7 Å². The third kappa shape index (κ3) is 3.59. The number of carbonyl (C=O) groups excluding carboxylic acids is 1. The van der Waals surface area contributed by atoms with E-state index in [2.05, 4.69) is 15.3 Å². The van der Waals surface area contributed by atoms with Crippen molar-refractivity contribution in [1.29, 1.82) is 0 Å². The number of carbonyl (C=O) groups is 1. The lowest BCUT2D eigenvalue weighted by atomic mass is 10.1. The number of sulfone groups is 1. The molecule has 0 aliphatic carbocycles. The Kier molecular flexibility index (Phi) is 4.91. The summed E-state index contributed by atoms with van der Waals surface area (Å²) in [5.74, 6) is -0.577. The SMILES string of the molecule is CCn1cc(C(=O)Nc2nc3ccc(S(C)(=O)=O)cc3s2)c(=O)c2ccc(C)nc21. The molecule has 0 unspecified atom stereocenters. The van der Waals surface area contributed by atoms with Crippen LogP contribution in [0.25, 0.3) is 21.3 Å². The van der Waals surface area contributed by atoms with Gasteiger partial charge in [-0.1, -0.05) is 11.3 Å². The summed E-state index contributed by atoms with van der Waals surface area (Å²) in [6.07, 6.45) is 2.63. The van der Waals surface area contributed by atoms with Crippen LogP contribution in [0.1, 0.15) is 23.0 Å². The summed E-state index contributed by atoms with van der Waals surface area (Å²) in [7, 11) is -3.35. The van der Waals surface area contributed by atoms with Gasteiger partial charge in [-0.3, -0.25) is 14.9 Å². The van der Waals surface area contributed by atoms with Gasteiger partial charge in [0.25, 0.3) is 5.91 Å². The number of aromatic nitrogens is 3. The Hall–Kier alpha value is -3.11. The Morgan fingerprint density at radius 2 is 1.97 bits per heavy atom. The highest BCUT2D eigenvalue weighted by Crippen LogP contribution is 2.28. The zero-order valence-corrected chi connectivity index (χ0v) is 18.1. The predicted molar refractivity (Wildman–Crippen MR) is 117 cm³/mol. The number of rotatable bonds is 4. The van der Waals surface area contributed by atoms with Crippen molar-refractivity contribution < 1.29 is 13.2 Å². The maximum absolute atomic E-state index is 12.9. The number of fused-ring (bicyclic) bond motifs is 2. The van der Waals surface area contributed by atoms with Crippen LogP contribution in [0.2, 0.25) is 0 Å². The molecule has 10 heteroatoms. The van der Waals surface area contributed by atoms with Crippen molar-refractivity contribution in [3.63, 3.8) is 0 Å². The Labute approximate surface area is 176 Å². The molecule has 4 rings (SSSR count). The summed E-state index contributed by atoms with van der Waals surface area (Å²) in [5.41, 5.74) is 1.47. The minimum atomic E-state index is -3.35. The van der Waals surface area contributed by atoms with Crippen LogP contribution in [0.5, 0.6) is 0 Å². The van der Waals surface area contributed by atoms with Crippen LogP contribution in [0.3, 0.4) is 0 Å². The lowest BCUT2D eigenvalue weighted by Crippen LogP contribution is -2.24. The average molecular weight is 443 g/mol. The van der Waals surface area contributed by atoms with Crippen molar-refractivity contribution >= 4 is 53.5 Å². The van der Waals surface area contributed by atoms with Gasteiger partial charge in [-0.25, -0.2) is 18.4 Å². The summed E-state index contributed by atoms with van der Waals surface area (Å²) in [5, 5.41) is 3.31. The highest BCUT2D eigenvalue weighted by atomic mass is 32.2. The molecule has 0 saturated carbocycles. The van der Waals surface area contributed by atoms with Crippen LogP contribution < -0.4 is 10.7 Å². The van der Waals surface area contributed by atoms with E-state index in [9.17, 15) is 18.0 Å². The molecule has 0 spiro atoms. The molecule has 1 N–H and O–H groups in total. The van der Waals surface area contributed by atoms with E-state index in [-0.39, 0.29) is 15.6 Å². The van der Waals surface area contributed by atoms with Gasteiger partial charge >= 0.3 is 0 Å². The molecule has 4 aromatic rings. The van der Waals surface area contributed by atoms with E-state index in [0.717, 1.165) is 23.3 Å². The number of aryl methyl sites for hydroxylation is 2. The molecular formula is C20H18N4O4S2. The third-order valence-corrected chi connectivity index (χ3v) is 6.70.